The molecule has 2 rings (SSSR count). The highest BCUT2D eigenvalue weighted by Gasteiger charge is 2.26. The number of benzene rings is 1. The highest BCUT2D eigenvalue weighted by molar-refractivity contribution is 6.21. The number of imide groups is 1. The van der Waals surface area contributed by atoms with Gasteiger partial charge in [-0.15, -0.1) is 0 Å². The van der Waals surface area contributed by atoms with Gasteiger partial charge in [-0.25, -0.2) is 4.79 Å². The molecule has 0 saturated heterocycles. The van der Waals surface area contributed by atoms with E-state index in [-0.39, 0.29) is 5.56 Å². The molecular formula is C13H14N2O4. The molecule has 0 atom stereocenters. The molecule has 0 fully saturated rings. The lowest BCUT2D eigenvalue weighted by Gasteiger charge is -2.07. The van der Waals surface area contributed by atoms with Crippen molar-refractivity contribution >= 4 is 23.6 Å². The number of carbonyl (C=O) groups is 3. The Hall–Kier alpha value is -2.37. The molecule has 6 heteroatoms. The molecule has 100 valence electrons. The van der Waals surface area contributed by atoms with Crippen molar-refractivity contribution in [2.45, 2.75) is 19.8 Å². The van der Waals surface area contributed by atoms with Crippen molar-refractivity contribution in [2.75, 3.05) is 11.9 Å². The predicted octanol–water partition coefficient (Wildman–Crippen LogP) is 1.92. The minimum Gasteiger partial charge on any atom is -0.449 e. The second kappa shape index (κ2) is 5.51. The van der Waals surface area contributed by atoms with Crippen molar-refractivity contribution in [2.24, 2.45) is 0 Å². The first-order valence-corrected chi connectivity index (χ1v) is 6.05. The van der Waals surface area contributed by atoms with Crippen molar-refractivity contribution < 1.29 is 19.1 Å². The average molecular weight is 262 g/mol. The first-order valence-electron chi connectivity index (χ1n) is 6.05. The van der Waals surface area contributed by atoms with E-state index in [0.29, 0.717) is 17.9 Å². The fraction of sp³-hybridized carbons (Fsp3) is 0.308. The zero-order chi connectivity index (χ0) is 13.8. The first-order chi connectivity index (χ1) is 9.11. The van der Waals surface area contributed by atoms with E-state index >= 15 is 0 Å². The van der Waals surface area contributed by atoms with Crippen LogP contribution in [0.3, 0.4) is 0 Å². The van der Waals surface area contributed by atoms with E-state index in [1.807, 2.05) is 6.92 Å². The fourth-order valence-corrected chi connectivity index (χ4v) is 1.71. The van der Waals surface area contributed by atoms with E-state index in [2.05, 4.69) is 10.6 Å². The Bertz CT molecular complexity index is 539. The van der Waals surface area contributed by atoms with Crippen LogP contribution in [0.4, 0.5) is 10.5 Å². The molecule has 2 N–H and O–H groups in total. The molecule has 0 spiro atoms. The number of rotatable bonds is 4. The van der Waals surface area contributed by atoms with Crippen molar-refractivity contribution in [3.63, 3.8) is 0 Å². The van der Waals surface area contributed by atoms with Crippen LogP contribution in [-0.2, 0) is 4.74 Å². The van der Waals surface area contributed by atoms with Crippen molar-refractivity contribution in [1.82, 2.24) is 5.32 Å². The summed E-state index contributed by atoms with van der Waals surface area (Å²) in [4.78, 5) is 34.2. The van der Waals surface area contributed by atoms with Gasteiger partial charge in [-0.2, -0.15) is 0 Å². The number of amides is 3. The Balaban J connectivity index is 2.03. The molecule has 1 aromatic carbocycles. The van der Waals surface area contributed by atoms with Gasteiger partial charge in [0.2, 0.25) is 0 Å². The highest BCUT2D eigenvalue weighted by atomic mass is 16.5. The summed E-state index contributed by atoms with van der Waals surface area (Å²) in [6, 6.07) is 4.51. The number of anilines is 1. The molecule has 3 amide bonds. The maximum Gasteiger partial charge on any atom is 0.411 e. The molecule has 1 heterocycles. The van der Waals surface area contributed by atoms with Gasteiger partial charge >= 0.3 is 6.09 Å². The van der Waals surface area contributed by atoms with Crippen LogP contribution >= 0.6 is 0 Å². The summed E-state index contributed by atoms with van der Waals surface area (Å²) in [7, 11) is 0. The number of hydrogen-bond donors (Lipinski definition) is 2. The SMILES string of the molecule is CCCCOC(=O)Nc1ccc2c(c1)C(=O)NC2=O. The third-order valence-corrected chi connectivity index (χ3v) is 2.71. The summed E-state index contributed by atoms with van der Waals surface area (Å²) in [6.45, 7) is 2.35. The molecule has 19 heavy (non-hydrogen) atoms. The smallest absolute Gasteiger partial charge is 0.411 e. The number of ether oxygens (including phenoxy) is 1. The van der Waals surface area contributed by atoms with E-state index in [9.17, 15) is 14.4 Å². The predicted molar refractivity (Wildman–Crippen MR) is 68.1 cm³/mol. The third kappa shape index (κ3) is 2.90. The van der Waals surface area contributed by atoms with Gasteiger partial charge < -0.3 is 4.74 Å². The standard InChI is InChI=1S/C13H14N2O4/c1-2-3-6-19-13(18)14-8-4-5-9-10(7-8)12(17)15-11(9)16/h4-5,7H,2-3,6H2,1H3,(H,14,18)(H,15,16,17). The van der Waals surface area contributed by atoms with Gasteiger partial charge in [-0.05, 0) is 24.6 Å². The van der Waals surface area contributed by atoms with Crippen LogP contribution < -0.4 is 10.6 Å². The molecule has 1 aliphatic heterocycles. The van der Waals surface area contributed by atoms with E-state index in [1.54, 1.807) is 6.07 Å². The number of nitrogens with one attached hydrogen (secondary N) is 2. The van der Waals surface area contributed by atoms with Crippen LogP contribution in [0.25, 0.3) is 0 Å². The quantitative estimate of drug-likeness (QED) is 0.641. The molecule has 0 aliphatic carbocycles. The van der Waals surface area contributed by atoms with Gasteiger partial charge in [-0.1, -0.05) is 13.3 Å². The largest absolute Gasteiger partial charge is 0.449 e. The van der Waals surface area contributed by atoms with Crippen molar-refractivity contribution in [3.05, 3.63) is 29.3 Å². The van der Waals surface area contributed by atoms with Crippen molar-refractivity contribution in [3.8, 4) is 0 Å². The molecule has 0 radical (unpaired) electrons. The molecule has 6 nitrogen and oxygen atoms in total. The van der Waals surface area contributed by atoms with Crippen LogP contribution in [0.1, 0.15) is 40.5 Å². The van der Waals surface area contributed by atoms with Crippen LogP contribution in [0.15, 0.2) is 18.2 Å². The summed E-state index contributed by atoms with van der Waals surface area (Å²) < 4.78 is 4.94. The highest BCUT2D eigenvalue weighted by Crippen LogP contribution is 2.20. The molecular weight excluding hydrogens is 248 g/mol. The second-order valence-corrected chi connectivity index (χ2v) is 4.16. The fourth-order valence-electron chi connectivity index (χ4n) is 1.71. The molecule has 1 aromatic rings. The zero-order valence-corrected chi connectivity index (χ0v) is 10.5. The Morgan fingerprint density at radius 1 is 1.26 bits per heavy atom. The normalized spacial score (nSPS) is 12.9. The number of unbranched alkanes of at least 4 members (excludes halogenated alkanes) is 1. The number of fused-ring (bicyclic) bond motifs is 1. The lowest BCUT2D eigenvalue weighted by molar-refractivity contribution is 0.0879. The van der Waals surface area contributed by atoms with Crippen LogP contribution in [0, 0.1) is 0 Å². The molecule has 0 bridgehead atoms. The average Bonchev–Trinajstić information content (AvgIpc) is 2.65. The van der Waals surface area contributed by atoms with E-state index < -0.39 is 17.9 Å². The number of carbonyl (C=O) groups excluding carboxylic acids is 3. The van der Waals surface area contributed by atoms with Crippen LogP contribution in [0.5, 0.6) is 0 Å². The van der Waals surface area contributed by atoms with E-state index in [1.165, 1.54) is 12.1 Å². The summed E-state index contributed by atoms with van der Waals surface area (Å²) in [5.41, 5.74) is 0.997. The maximum atomic E-state index is 11.4. The first kappa shape index (κ1) is 13.1. The van der Waals surface area contributed by atoms with Crippen LogP contribution in [0.2, 0.25) is 0 Å². The second-order valence-electron chi connectivity index (χ2n) is 4.16. The Morgan fingerprint density at radius 2 is 2.00 bits per heavy atom. The van der Waals surface area contributed by atoms with Gasteiger partial charge in [0.15, 0.2) is 0 Å². The van der Waals surface area contributed by atoms with E-state index in [4.69, 9.17) is 4.74 Å². The van der Waals surface area contributed by atoms with E-state index in [0.717, 1.165) is 12.8 Å². The van der Waals surface area contributed by atoms with Crippen molar-refractivity contribution in [1.29, 1.82) is 0 Å². The van der Waals surface area contributed by atoms with Gasteiger partial charge in [0, 0.05) is 5.69 Å². The Morgan fingerprint density at radius 3 is 2.74 bits per heavy atom. The van der Waals surface area contributed by atoms with Gasteiger partial charge in [-0.3, -0.25) is 20.2 Å². The molecule has 0 saturated carbocycles. The van der Waals surface area contributed by atoms with Gasteiger partial charge in [0.1, 0.15) is 0 Å². The Kier molecular flexibility index (Phi) is 3.79. The summed E-state index contributed by atoms with van der Waals surface area (Å²) >= 11 is 0. The van der Waals surface area contributed by atoms with Gasteiger partial charge in [0.25, 0.3) is 11.8 Å². The summed E-state index contributed by atoms with van der Waals surface area (Å²) in [5, 5.41) is 4.70. The number of hydrogen-bond acceptors (Lipinski definition) is 4. The minimum absolute atomic E-state index is 0.261. The maximum absolute atomic E-state index is 11.4. The van der Waals surface area contributed by atoms with Crippen LogP contribution in [-0.4, -0.2) is 24.5 Å². The molecule has 0 unspecified atom stereocenters. The minimum atomic E-state index is -0.571. The summed E-state index contributed by atoms with van der Waals surface area (Å²) in [5.74, 6) is -0.875. The monoisotopic (exact) mass is 262 g/mol. The third-order valence-electron chi connectivity index (χ3n) is 2.71. The zero-order valence-electron chi connectivity index (χ0n) is 10.5. The molecule has 0 aromatic heterocycles. The lowest BCUT2D eigenvalue weighted by atomic mass is 10.1. The Labute approximate surface area is 110 Å². The molecule has 1 aliphatic rings. The topological polar surface area (TPSA) is 84.5 Å². The summed E-state index contributed by atoms with van der Waals surface area (Å²) in [6.07, 6.45) is 1.17. The lowest BCUT2D eigenvalue weighted by Crippen LogP contribution is -2.19. The van der Waals surface area contributed by atoms with Gasteiger partial charge in [0.05, 0.1) is 17.7 Å².